The molecule has 0 aromatic carbocycles. The van der Waals surface area contributed by atoms with Crippen LogP contribution in [0.3, 0.4) is 0 Å². The predicted octanol–water partition coefficient (Wildman–Crippen LogP) is 3.93. The molecule has 0 rings (SSSR count). The maximum absolute atomic E-state index is 5.54. The number of hydrogen-bond acceptors (Lipinski definition) is 1. The van der Waals surface area contributed by atoms with Gasteiger partial charge < -0.3 is 0 Å². The highest BCUT2D eigenvalue weighted by Gasteiger charge is 1.98. The molecular formula is C7H10BrClS. The summed E-state index contributed by atoms with van der Waals surface area (Å²) in [6.45, 7) is 5.78. The van der Waals surface area contributed by atoms with Crippen molar-refractivity contribution in [2.24, 2.45) is 5.92 Å². The first-order valence-electron chi connectivity index (χ1n) is 2.92. The predicted molar refractivity (Wildman–Crippen MR) is 54.8 cm³/mol. The lowest BCUT2D eigenvalue weighted by Gasteiger charge is -2.02. The molecule has 58 valence electrons. The Kier molecular flexibility index (Phi) is 5.59. The van der Waals surface area contributed by atoms with Crippen LogP contribution in [-0.4, -0.2) is 0 Å². The van der Waals surface area contributed by atoms with Crippen LogP contribution in [0.4, 0.5) is 0 Å². The number of rotatable bonds is 3. The van der Waals surface area contributed by atoms with E-state index in [9.17, 15) is 0 Å². The summed E-state index contributed by atoms with van der Waals surface area (Å²) in [5.41, 5.74) is 0. The monoisotopic (exact) mass is 240 g/mol. The smallest absolute Gasteiger partial charge is 0.0667 e. The third-order valence-corrected chi connectivity index (χ3v) is 1.56. The van der Waals surface area contributed by atoms with Crippen molar-refractivity contribution in [3.05, 3.63) is 21.5 Å². The Morgan fingerprint density at radius 1 is 1.90 bits per heavy atom. The highest BCUT2D eigenvalue weighted by atomic mass is 79.9. The van der Waals surface area contributed by atoms with E-state index in [2.05, 4.69) is 42.1 Å². The van der Waals surface area contributed by atoms with Crippen molar-refractivity contribution in [1.29, 1.82) is 0 Å². The van der Waals surface area contributed by atoms with Gasteiger partial charge in [0.25, 0.3) is 0 Å². The molecule has 0 N–H and O–H groups in total. The van der Waals surface area contributed by atoms with Gasteiger partial charge in [0.05, 0.1) is 4.36 Å². The summed E-state index contributed by atoms with van der Waals surface area (Å²) in [4.78, 5) is 0. The third kappa shape index (κ3) is 6.72. The second kappa shape index (κ2) is 5.28. The SMILES string of the molecule is C=C(Br)CC(C)/C=C(\S)Cl. The van der Waals surface area contributed by atoms with Crippen LogP contribution < -0.4 is 0 Å². The second-order valence-corrected chi connectivity index (χ2v) is 4.46. The van der Waals surface area contributed by atoms with Crippen molar-refractivity contribution in [2.45, 2.75) is 13.3 Å². The van der Waals surface area contributed by atoms with Crippen LogP contribution in [0.15, 0.2) is 21.5 Å². The van der Waals surface area contributed by atoms with Gasteiger partial charge in [0.2, 0.25) is 0 Å². The minimum absolute atomic E-state index is 0.400. The van der Waals surface area contributed by atoms with Crippen LogP contribution >= 0.6 is 40.2 Å². The largest absolute Gasteiger partial charge is 0.132 e. The standard InChI is InChI=1S/C7H10BrClS/c1-5(3-6(2)8)4-7(9)10/h4-5,10H,2-3H2,1H3/b7-4-. The van der Waals surface area contributed by atoms with E-state index in [0.717, 1.165) is 10.9 Å². The van der Waals surface area contributed by atoms with Gasteiger partial charge >= 0.3 is 0 Å². The molecule has 0 aromatic heterocycles. The summed E-state index contributed by atoms with van der Waals surface area (Å²) in [7, 11) is 0. The van der Waals surface area contributed by atoms with Gasteiger partial charge in [-0.15, -0.1) is 12.6 Å². The molecule has 0 aliphatic heterocycles. The maximum atomic E-state index is 5.54. The van der Waals surface area contributed by atoms with Crippen molar-refractivity contribution >= 4 is 40.2 Å². The molecule has 0 aromatic rings. The number of allylic oxidation sites excluding steroid dienone is 2. The van der Waals surface area contributed by atoms with Crippen molar-refractivity contribution in [3.63, 3.8) is 0 Å². The van der Waals surface area contributed by atoms with E-state index in [1.807, 2.05) is 6.08 Å². The van der Waals surface area contributed by atoms with Gasteiger partial charge in [0.1, 0.15) is 0 Å². The van der Waals surface area contributed by atoms with E-state index < -0.39 is 0 Å². The molecule has 0 heterocycles. The molecular weight excluding hydrogens is 232 g/mol. The zero-order valence-corrected chi connectivity index (χ0v) is 9.01. The van der Waals surface area contributed by atoms with Crippen LogP contribution in [0.2, 0.25) is 0 Å². The van der Waals surface area contributed by atoms with Crippen molar-refractivity contribution < 1.29 is 0 Å². The van der Waals surface area contributed by atoms with Crippen LogP contribution in [0.1, 0.15) is 13.3 Å². The number of halogens is 2. The molecule has 0 aliphatic carbocycles. The first-order chi connectivity index (χ1) is 4.52. The van der Waals surface area contributed by atoms with Gasteiger partial charge in [-0.3, -0.25) is 0 Å². The topological polar surface area (TPSA) is 0 Å². The van der Waals surface area contributed by atoms with E-state index in [0.29, 0.717) is 10.3 Å². The molecule has 0 saturated heterocycles. The average molecular weight is 242 g/mol. The molecule has 10 heavy (non-hydrogen) atoms. The summed E-state index contributed by atoms with van der Waals surface area (Å²) >= 11 is 12.8. The lowest BCUT2D eigenvalue weighted by atomic mass is 10.1. The molecule has 1 atom stereocenters. The Labute approximate surface area is 80.9 Å². The molecule has 0 nitrogen and oxygen atoms in total. The van der Waals surface area contributed by atoms with Crippen LogP contribution in [0.5, 0.6) is 0 Å². The number of thiol groups is 1. The normalized spacial score (nSPS) is 15.0. The van der Waals surface area contributed by atoms with Crippen LogP contribution in [0.25, 0.3) is 0 Å². The van der Waals surface area contributed by atoms with E-state index in [4.69, 9.17) is 11.6 Å². The summed E-state index contributed by atoms with van der Waals surface area (Å²) < 4.78 is 1.53. The molecule has 0 amide bonds. The Balaban J connectivity index is 3.75. The Hall–Kier alpha value is 0.600. The van der Waals surface area contributed by atoms with Gasteiger partial charge in [-0.25, -0.2) is 0 Å². The molecule has 0 bridgehead atoms. The molecule has 3 heteroatoms. The molecule has 0 radical (unpaired) electrons. The second-order valence-electron chi connectivity index (χ2n) is 2.19. The molecule has 0 fully saturated rings. The first-order valence-corrected chi connectivity index (χ1v) is 4.53. The fraction of sp³-hybridized carbons (Fsp3) is 0.429. The average Bonchev–Trinajstić information content (AvgIpc) is 1.58. The van der Waals surface area contributed by atoms with Crippen LogP contribution in [-0.2, 0) is 0 Å². The summed E-state index contributed by atoms with van der Waals surface area (Å²) in [5, 5.41) is 0. The Morgan fingerprint density at radius 2 is 2.40 bits per heavy atom. The van der Waals surface area contributed by atoms with Gasteiger partial charge in [0, 0.05) is 0 Å². The van der Waals surface area contributed by atoms with Gasteiger partial charge in [-0.05, 0) is 16.8 Å². The zero-order valence-electron chi connectivity index (χ0n) is 5.77. The van der Waals surface area contributed by atoms with E-state index in [1.165, 1.54) is 0 Å². The number of hydrogen-bond donors (Lipinski definition) is 1. The Morgan fingerprint density at radius 3 is 2.70 bits per heavy atom. The minimum atomic E-state index is 0.400. The quantitative estimate of drug-likeness (QED) is 0.711. The third-order valence-electron chi connectivity index (χ3n) is 0.966. The maximum Gasteiger partial charge on any atom is 0.0667 e. The molecule has 0 spiro atoms. The Bertz CT molecular complexity index is 150. The van der Waals surface area contributed by atoms with Crippen molar-refractivity contribution in [1.82, 2.24) is 0 Å². The highest BCUT2D eigenvalue weighted by molar-refractivity contribution is 9.11. The van der Waals surface area contributed by atoms with Crippen molar-refractivity contribution in [3.8, 4) is 0 Å². The fourth-order valence-corrected chi connectivity index (χ4v) is 1.62. The first kappa shape index (κ1) is 10.6. The van der Waals surface area contributed by atoms with Gasteiger partial charge in [0.15, 0.2) is 0 Å². The van der Waals surface area contributed by atoms with Gasteiger partial charge in [-0.2, -0.15) is 0 Å². The van der Waals surface area contributed by atoms with Crippen molar-refractivity contribution in [2.75, 3.05) is 0 Å². The van der Waals surface area contributed by atoms with E-state index in [-0.39, 0.29) is 0 Å². The van der Waals surface area contributed by atoms with Gasteiger partial charge in [-0.1, -0.05) is 47.1 Å². The summed E-state index contributed by atoms with van der Waals surface area (Å²) in [5.74, 6) is 0.400. The van der Waals surface area contributed by atoms with Crippen LogP contribution in [0, 0.1) is 5.92 Å². The highest BCUT2D eigenvalue weighted by Crippen LogP contribution is 2.19. The van der Waals surface area contributed by atoms with E-state index >= 15 is 0 Å². The zero-order chi connectivity index (χ0) is 8.15. The molecule has 0 saturated carbocycles. The molecule has 0 aliphatic rings. The molecule has 1 unspecified atom stereocenters. The lowest BCUT2D eigenvalue weighted by Crippen LogP contribution is -1.87. The lowest BCUT2D eigenvalue weighted by molar-refractivity contribution is 0.741. The summed E-state index contributed by atoms with van der Waals surface area (Å²) in [6.07, 6.45) is 2.79. The minimum Gasteiger partial charge on any atom is -0.132 e. The fourth-order valence-electron chi connectivity index (χ4n) is 0.643. The summed E-state index contributed by atoms with van der Waals surface area (Å²) in [6, 6.07) is 0. The van der Waals surface area contributed by atoms with E-state index in [1.54, 1.807) is 0 Å².